The van der Waals surface area contributed by atoms with E-state index in [1.54, 1.807) is 4.68 Å². The molecule has 0 radical (unpaired) electrons. The first-order valence-corrected chi connectivity index (χ1v) is 12.7. The van der Waals surface area contributed by atoms with Crippen LogP contribution in [0.4, 0.5) is 20.3 Å². The van der Waals surface area contributed by atoms with Gasteiger partial charge in [0.1, 0.15) is 29.4 Å². The van der Waals surface area contributed by atoms with Gasteiger partial charge < -0.3 is 10.5 Å². The van der Waals surface area contributed by atoms with Crippen molar-refractivity contribution in [1.82, 2.24) is 19.7 Å². The number of nitrogens with zero attached hydrogens (tertiary/aromatic N) is 5. The average molecular weight is 551 g/mol. The molecule has 0 aliphatic rings. The van der Waals surface area contributed by atoms with Gasteiger partial charge in [-0.1, -0.05) is 39.3 Å². The Hall–Kier alpha value is -4.74. The molecule has 12 heteroatoms. The highest BCUT2D eigenvalue weighted by Gasteiger charge is 2.27. The van der Waals surface area contributed by atoms with E-state index < -0.39 is 22.2 Å². The van der Waals surface area contributed by atoms with Crippen molar-refractivity contribution in [3.63, 3.8) is 0 Å². The summed E-state index contributed by atoms with van der Waals surface area (Å²) in [4.78, 5) is 31.1. The summed E-state index contributed by atoms with van der Waals surface area (Å²) < 4.78 is 36.7. The predicted molar refractivity (Wildman–Crippen MR) is 146 cm³/mol. The van der Waals surface area contributed by atoms with Gasteiger partial charge in [0.05, 0.1) is 16.4 Å². The Kier molecular flexibility index (Phi) is 8.46. The zero-order chi connectivity index (χ0) is 29.0. The molecule has 4 aromatic rings. The minimum atomic E-state index is -1.08. The van der Waals surface area contributed by atoms with Crippen LogP contribution in [0.25, 0.3) is 22.3 Å². The summed E-state index contributed by atoms with van der Waals surface area (Å²) in [6, 6.07) is 6.97. The van der Waals surface area contributed by atoms with Crippen LogP contribution >= 0.6 is 0 Å². The van der Waals surface area contributed by atoms with Gasteiger partial charge in [-0.25, -0.2) is 19.0 Å². The number of halogens is 2. The molecule has 2 atom stereocenters. The first kappa shape index (κ1) is 28.3. The highest BCUT2D eigenvalue weighted by Crippen LogP contribution is 2.38. The van der Waals surface area contributed by atoms with Crippen molar-refractivity contribution in [1.29, 1.82) is 0 Å². The molecule has 0 saturated heterocycles. The van der Waals surface area contributed by atoms with Gasteiger partial charge >= 0.3 is 5.69 Å². The maximum atomic E-state index is 15.5. The van der Waals surface area contributed by atoms with Crippen LogP contribution in [0.2, 0.25) is 0 Å². The molecule has 0 aliphatic heterocycles. The Balaban J connectivity index is 1.78. The monoisotopic (exact) mass is 550 g/mol. The van der Waals surface area contributed by atoms with Gasteiger partial charge in [-0.2, -0.15) is 9.49 Å². The van der Waals surface area contributed by atoms with Crippen LogP contribution < -0.4 is 10.5 Å². The molecule has 2 aromatic heterocycles. The lowest BCUT2D eigenvalue weighted by Crippen LogP contribution is -2.18. The third-order valence-corrected chi connectivity index (χ3v) is 6.62. The number of hydrogen-bond acceptors (Lipinski definition) is 8. The number of ether oxygens (including phenoxy) is 1. The zero-order valence-electron chi connectivity index (χ0n) is 22.0. The number of allylic oxidation sites excluding steroid dienone is 1. The van der Waals surface area contributed by atoms with Crippen LogP contribution in [0.1, 0.15) is 45.6 Å². The fourth-order valence-electron chi connectivity index (χ4n) is 4.58. The van der Waals surface area contributed by atoms with Crippen molar-refractivity contribution in [2.24, 2.45) is 5.92 Å². The molecule has 4 rings (SSSR count). The van der Waals surface area contributed by atoms with Crippen molar-refractivity contribution >= 4 is 28.3 Å². The zero-order valence-corrected chi connectivity index (χ0v) is 22.0. The number of hydrogen-bond donors (Lipinski definition) is 1. The van der Waals surface area contributed by atoms with Crippen LogP contribution in [0.5, 0.6) is 11.5 Å². The highest BCUT2D eigenvalue weighted by molar-refractivity contribution is 5.98. The number of nitrogen functional groups attached to an aromatic ring is 1. The predicted octanol–water partition coefficient (Wildman–Crippen LogP) is 6.57. The first-order valence-electron chi connectivity index (χ1n) is 12.7. The minimum absolute atomic E-state index is 0.0656. The fourth-order valence-corrected chi connectivity index (χ4v) is 4.58. The van der Waals surface area contributed by atoms with Gasteiger partial charge in [-0.05, 0) is 43.2 Å². The van der Waals surface area contributed by atoms with E-state index in [-0.39, 0.29) is 46.3 Å². The van der Waals surface area contributed by atoms with Crippen molar-refractivity contribution in [3.8, 4) is 22.8 Å². The smallest absolute Gasteiger partial charge is 0.346 e. The molecule has 10 nitrogen and oxygen atoms in total. The second-order valence-electron chi connectivity index (χ2n) is 9.38. The number of para-hydroxylation sites is 1. The molecular weight excluding hydrogens is 522 g/mol. The molecule has 0 saturated carbocycles. The second kappa shape index (κ2) is 12.0. The lowest BCUT2D eigenvalue weighted by Gasteiger charge is -2.20. The molecule has 0 spiro atoms. The first-order chi connectivity index (χ1) is 19.2. The maximum absolute atomic E-state index is 15.5. The Morgan fingerprint density at radius 2 is 2.02 bits per heavy atom. The second-order valence-corrected chi connectivity index (χ2v) is 9.38. The van der Waals surface area contributed by atoms with Crippen LogP contribution in [-0.4, -0.2) is 30.5 Å². The Morgan fingerprint density at radius 3 is 2.70 bits per heavy atom. The van der Waals surface area contributed by atoms with Crippen molar-refractivity contribution in [2.75, 3.05) is 5.73 Å². The number of nitro benzene ring substituents is 1. The fraction of sp³-hybridized carbons (Fsp3) is 0.286. The van der Waals surface area contributed by atoms with E-state index in [4.69, 9.17) is 15.6 Å². The number of fused-ring (bicyclic) bond motifs is 1. The van der Waals surface area contributed by atoms with Crippen LogP contribution in [0.15, 0.2) is 55.4 Å². The number of unbranched alkanes of at least 4 members (excludes halogenated alkanes) is 1. The number of ketones is 1. The van der Waals surface area contributed by atoms with Gasteiger partial charge in [0.2, 0.25) is 11.6 Å². The van der Waals surface area contributed by atoms with Gasteiger partial charge in [0.15, 0.2) is 11.4 Å². The van der Waals surface area contributed by atoms with E-state index in [1.807, 2.05) is 6.92 Å². The van der Waals surface area contributed by atoms with Crippen LogP contribution in [0.3, 0.4) is 0 Å². The molecule has 0 aliphatic carbocycles. The standard InChI is InChI=1S/C28H28F2N6O4/c1-4-6-8-17(13-16(3)22(37)5-2)35-28-24(27(31)32-15-33-28)25(34-35)19-12-11-18(14-21(19)30)40-23-10-7-9-20(29)26(23)36(38)39/h5,7,9-12,14-17H,2,4,6,8,13H2,1,3H3,(H2,31,32,33). The lowest BCUT2D eigenvalue weighted by molar-refractivity contribution is -0.388. The van der Waals surface area contributed by atoms with E-state index >= 15 is 4.39 Å². The van der Waals surface area contributed by atoms with E-state index in [9.17, 15) is 19.3 Å². The summed E-state index contributed by atoms with van der Waals surface area (Å²) in [5.41, 5.74) is 6.00. The summed E-state index contributed by atoms with van der Waals surface area (Å²) >= 11 is 0. The topological polar surface area (TPSA) is 139 Å². The maximum Gasteiger partial charge on any atom is 0.346 e. The number of benzene rings is 2. The SMILES string of the molecule is C=CC(=O)C(C)CC(CCCC)n1nc(-c2ccc(Oc3cccc(F)c3[N+](=O)[O-])cc2F)c2c(N)ncnc21. The number of anilines is 1. The molecule has 40 heavy (non-hydrogen) atoms. The average Bonchev–Trinajstić information content (AvgIpc) is 3.31. The molecular formula is C28H28F2N6O4. The minimum Gasteiger partial charge on any atom is -0.450 e. The van der Waals surface area contributed by atoms with E-state index in [2.05, 4.69) is 23.5 Å². The van der Waals surface area contributed by atoms with Crippen molar-refractivity contribution in [3.05, 3.63) is 77.1 Å². The van der Waals surface area contributed by atoms with Gasteiger partial charge in [-0.15, -0.1) is 0 Å². The Morgan fingerprint density at radius 1 is 1.25 bits per heavy atom. The number of carbonyl (C=O) groups is 1. The summed E-state index contributed by atoms with van der Waals surface area (Å²) in [7, 11) is 0. The largest absolute Gasteiger partial charge is 0.450 e. The number of rotatable bonds is 12. The quantitative estimate of drug-likeness (QED) is 0.119. The summed E-state index contributed by atoms with van der Waals surface area (Å²) in [5, 5.41) is 16.4. The van der Waals surface area contributed by atoms with Gasteiger partial charge in [-0.3, -0.25) is 14.9 Å². The number of nitro groups is 1. The Bertz CT molecular complexity index is 1590. The molecule has 2 heterocycles. The molecule has 0 bridgehead atoms. The third-order valence-electron chi connectivity index (χ3n) is 6.62. The van der Waals surface area contributed by atoms with E-state index in [0.29, 0.717) is 23.9 Å². The van der Waals surface area contributed by atoms with Crippen LogP contribution in [0, 0.1) is 27.7 Å². The highest BCUT2D eigenvalue weighted by atomic mass is 19.1. The molecule has 0 amide bonds. The van der Waals surface area contributed by atoms with Crippen molar-refractivity contribution < 1.29 is 23.2 Å². The van der Waals surface area contributed by atoms with Crippen LogP contribution in [-0.2, 0) is 4.79 Å². The summed E-state index contributed by atoms with van der Waals surface area (Å²) in [6.45, 7) is 7.45. The normalized spacial score (nSPS) is 12.7. The third kappa shape index (κ3) is 5.65. The van der Waals surface area contributed by atoms with Gasteiger partial charge in [0.25, 0.3) is 0 Å². The number of carbonyl (C=O) groups excluding carboxylic acids is 1. The van der Waals surface area contributed by atoms with Crippen molar-refractivity contribution in [2.45, 2.75) is 45.6 Å². The molecule has 2 unspecified atom stereocenters. The summed E-state index contributed by atoms with van der Waals surface area (Å²) in [5.74, 6) is -2.59. The molecule has 208 valence electrons. The lowest BCUT2D eigenvalue weighted by atomic mass is 9.94. The van der Waals surface area contributed by atoms with Gasteiger partial charge in [0, 0.05) is 17.5 Å². The summed E-state index contributed by atoms with van der Waals surface area (Å²) in [6.07, 6.45) is 5.55. The molecule has 0 fully saturated rings. The molecule has 2 aromatic carbocycles. The Labute approximate surface area is 228 Å². The number of nitrogens with two attached hydrogens (primary N) is 1. The van der Waals surface area contributed by atoms with E-state index in [0.717, 1.165) is 25.0 Å². The molecule has 2 N–H and O–H groups in total. The number of aromatic nitrogens is 4. The van der Waals surface area contributed by atoms with E-state index in [1.165, 1.54) is 36.7 Å².